The molecule has 0 bridgehead atoms. The summed E-state index contributed by atoms with van der Waals surface area (Å²) < 4.78 is 0.877. The van der Waals surface area contributed by atoms with E-state index in [0.717, 1.165) is 35.7 Å². The number of piperidine rings is 1. The number of carbonyl (C=O) groups excluding carboxylic acids is 5. The van der Waals surface area contributed by atoms with Crippen LogP contribution >= 0.6 is 15.9 Å². The Morgan fingerprint density at radius 2 is 1.96 bits per heavy atom. The first-order chi connectivity index (χ1) is 21.5. The van der Waals surface area contributed by atoms with Gasteiger partial charge in [0, 0.05) is 60.4 Å². The number of likely N-dealkylation sites (tertiary alicyclic amines) is 1. The zero-order valence-electron chi connectivity index (χ0n) is 25.5. The maximum Gasteiger partial charge on any atom is 0.254 e. The zero-order chi connectivity index (χ0) is 32.5. The molecule has 6 N–H and O–H groups in total. The molecule has 1 saturated heterocycles. The Balaban J connectivity index is 1.44. The maximum atomic E-state index is 13.8. The molecule has 0 radical (unpaired) electrons. The van der Waals surface area contributed by atoms with E-state index in [1.54, 1.807) is 24.7 Å². The van der Waals surface area contributed by atoms with Gasteiger partial charge in [0.15, 0.2) is 0 Å². The number of benzene rings is 1. The van der Waals surface area contributed by atoms with Crippen molar-refractivity contribution in [1.29, 1.82) is 0 Å². The van der Waals surface area contributed by atoms with Crippen LogP contribution in [-0.2, 0) is 25.6 Å². The average molecular weight is 689 g/mol. The van der Waals surface area contributed by atoms with E-state index in [0.29, 0.717) is 31.5 Å². The minimum Gasteiger partial charge on any atom is -0.391 e. The third-order valence-corrected chi connectivity index (χ3v) is 9.18. The van der Waals surface area contributed by atoms with Gasteiger partial charge < -0.3 is 41.1 Å². The summed E-state index contributed by atoms with van der Waals surface area (Å²) >= 11 is 3.43. The molecule has 14 heteroatoms. The molecule has 45 heavy (non-hydrogen) atoms. The largest absolute Gasteiger partial charge is 0.391 e. The highest BCUT2D eigenvalue weighted by atomic mass is 79.9. The van der Waals surface area contributed by atoms with Crippen LogP contribution in [0.2, 0.25) is 0 Å². The monoisotopic (exact) mass is 687 g/mol. The Morgan fingerprint density at radius 1 is 1.20 bits per heavy atom. The zero-order valence-corrected chi connectivity index (χ0v) is 27.1. The van der Waals surface area contributed by atoms with Crippen LogP contribution in [0, 0.1) is 11.8 Å². The highest BCUT2D eigenvalue weighted by Gasteiger charge is 2.43. The summed E-state index contributed by atoms with van der Waals surface area (Å²) in [7, 11) is 0. The molecule has 4 amide bonds. The normalized spacial score (nSPS) is 23.2. The highest BCUT2D eigenvalue weighted by Crippen LogP contribution is 2.39. The maximum absolute atomic E-state index is 13.8. The van der Waals surface area contributed by atoms with Gasteiger partial charge in [-0.2, -0.15) is 0 Å². The minimum absolute atomic E-state index is 0.0790. The van der Waals surface area contributed by atoms with Crippen molar-refractivity contribution in [1.82, 2.24) is 36.1 Å². The number of fused-ring (bicyclic) bond motifs is 1. The lowest BCUT2D eigenvalue weighted by atomic mass is 9.70. The summed E-state index contributed by atoms with van der Waals surface area (Å²) in [5.41, 5.74) is 1.40. The number of hydrogen-bond acceptors (Lipinski definition) is 8. The van der Waals surface area contributed by atoms with Crippen LogP contribution in [0.25, 0.3) is 0 Å². The Kier molecular flexibility index (Phi) is 12.3. The summed E-state index contributed by atoms with van der Waals surface area (Å²) in [4.78, 5) is 71.6. The smallest absolute Gasteiger partial charge is 0.254 e. The van der Waals surface area contributed by atoms with Crippen LogP contribution in [-0.4, -0.2) is 99.8 Å². The molecule has 0 spiro atoms. The molecule has 4 rings (SSSR count). The molecule has 1 aliphatic carbocycles. The molecular formula is C31H42BrN7O6. The van der Waals surface area contributed by atoms with Crippen molar-refractivity contribution in [3.8, 4) is 0 Å². The van der Waals surface area contributed by atoms with E-state index in [1.165, 1.54) is 13.8 Å². The number of carbonyl (C=O) groups is 5. The third kappa shape index (κ3) is 9.44. The van der Waals surface area contributed by atoms with Crippen LogP contribution in [0.5, 0.6) is 0 Å². The molecule has 2 fully saturated rings. The quantitative estimate of drug-likeness (QED) is 0.166. The van der Waals surface area contributed by atoms with Crippen molar-refractivity contribution in [2.45, 2.75) is 76.2 Å². The fraction of sp³-hybridized carbons (Fsp3) is 0.548. The fourth-order valence-corrected chi connectivity index (χ4v) is 6.68. The average Bonchev–Trinajstić information content (AvgIpc) is 3.53. The number of nitrogens with zero attached hydrogens (tertiary/aromatic N) is 2. The van der Waals surface area contributed by atoms with Crippen molar-refractivity contribution in [2.75, 3.05) is 19.6 Å². The Bertz CT molecular complexity index is 1320. The van der Waals surface area contributed by atoms with Crippen molar-refractivity contribution in [2.24, 2.45) is 11.8 Å². The number of aliphatic hydroxyl groups is 1. The molecule has 2 unspecified atom stereocenters. The van der Waals surface area contributed by atoms with Crippen LogP contribution in [0.3, 0.4) is 0 Å². The molecule has 1 aliphatic heterocycles. The summed E-state index contributed by atoms with van der Waals surface area (Å²) in [6, 6.07) is 5.24. The summed E-state index contributed by atoms with van der Waals surface area (Å²) in [5.74, 6) is -1.31. The SMILES string of the molecule is CC(=O)N[C@@H](C(=O)NCC(=O)NC1CCC[C@H]2CN(C(=O)c3ccc(Br)cc3)[C@H](CN[C@H](C=O)Cc3cnc[nH]3)C[C@H]12)C(C)O. The van der Waals surface area contributed by atoms with Gasteiger partial charge in [-0.1, -0.05) is 22.4 Å². The molecule has 1 aromatic carbocycles. The van der Waals surface area contributed by atoms with Crippen molar-refractivity contribution in [3.63, 3.8) is 0 Å². The molecule has 13 nitrogen and oxygen atoms in total. The van der Waals surface area contributed by atoms with E-state index >= 15 is 0 Å². The molecule has 7 atom stereocenters. The van der Waals surface area contributed by atoms with E-state index in [4.69, 9.17) is 0 Å². The second-order valence-corrected chi connectivity index (χ2v) is 12.9. The van der Waals surface area contributed by atoms with Crippen LogP contribution in [0.15, 0.2) is 41.3 Å². The molecule has 1 aromatic heterocycles. The molecule has 2 aromatic rings. The molecule has 2 aliphatic rings. The van der Waals surface area contributed by atoms with Gasteiger partial charge in [-0.15, -0.1) is 0 Å². The van der Waals surface area contributed by atoms with Crippen molar-refractivity contribution >= 4 is 45.8 Å². The van der Waals surface area contributed by atoms with Crippen LogP contribution in [0.4, 0.5) is 0 Å². The van der Waals surface area contributed by atoms with E-state index in [1.807, 2.05) is 17.0 Å². The van der Waals surface area contributed by atoms with E-state index in [2.05, 4.69) is 47.2 Å². The number of aromatic nitrogens is 2. The highest BCUT2D eigenvalue weighted by molar-refractivity contribution is 9.10. The predicted octanol–water partition coefficient (Wildman–Crippen LogP) is 0.689. The summed E-state index contributed by atoms with van der Waals surface area (Å²) in [6.45, 7) is 3.24. The first kappa shape index (κ1) is 34.3. The Hall–Kier alpha value is -3.62. The molecule has 244 valence electrons. The van der Waals surface area contributed by atoms with Gasteiger partial charge in [-0.05, 0) is 62.3 Å². The number of amides is 4. The molecular weight excluding hydrogens is 646 g/mol. The second kappa shape index (κ2) is 16.1. The number of aldehydes is 1. The van der Waals surface area contributed by atoms with E-state index in [-0.39, 0.29) is 42.3 Å². The number of hydrogen-bond donors (Lipinski definition) is 6. The van der Waals surface area contributed by atoms with Crippen molar-refractivity contribution < 1.29 is 29.1 Å². The minimum atomic E-state index is -1.17. The van der Waals surface area contributed by atoms with Gasteiger partial charge in [0.25, 0.3) is 5.91 Å². The van der Waals surface area contributed by atoms with Gasteiger partial charge in [0.05, 0.1) is 25.0 Å². The number of H-pyrrole nitrogens is 1. The fourth-order valence-electron chi connectivity index (χ4n) is 6.41. The van der Waals surface area contributed by atoms with Crippen LogP contribution in [0.1, 0.15) is 55.6 Å². The summed E-state index contributed by atoms with van der Waals surface area (Å²) in [6.07, 6.45) is 6.59. The summed E-state index contributed by atoms with van der Waals surface area (Å²) in [5, 5.41) is 21.2. The number of rotatable bonds is 13. The Labute approximate surface area is 270 Å². The first-order valence-electron chi connectivity index (χ1n) is 15.3. The van der Waals surface area contributed by atoms with Gasteiger partial charge >= 0.3 is 0 Å². The van der Waals surface area contributed by atoms with E-state index < -0.39 is 30.0 Å². The lowest BCUT2D eigenvalue weighted by molar-refractivity contribution is -0.132. The Morgan fingerprint density at radius 3 is 2.60 bits per heavy atom. The number of aliphatic hydroxyl groups excluding tert-OH is 1. The van der Waals surface area contributed by atoms with Gasteiger partial charge in [-0.25, -0.2) is 4.98 Å². The molecule has 1 saturated carbocycles. The second-order valence-electron chi connectivity index (χ2n) is 12.0. The van der Waals surface area contributed by atoms with Gasteiger partial charge in [0.2, 0.25) is 17.7 Å². The van der Waals surface area contributed by atoms with Crippen LogP contribution < -0.4 is 21.3 Å². The van der Waals surface area contributed by atoms with Crippen molar-refractivity contribution in [3.05, 3.63) is 52.5 Å². The predicted molar refractivity (Wildman–Crippen MR) is 169 cm³/mol. The van der Waals surface area contributed by atoms with Gasteiger partial charge in [-0.3, -0.25) is 19.2 Å². The van der Waals surface area contributed by atoms with E-state index in [9.17, 15) is 29.1 Å². The van der Waals surface area contributed by atoms with Gasteiger partial charge in [0.1, 0.15) is 12.3 Å². The first-order valence-corrected chi connectivity index (χ1v) is 16.1. The topological polar surface area (TPSA) is 186 Å². The lowest BCUT2D eigenvalue weighted by Crippen LogP contribution is -2.60. The third-order valence-electron chi connectivity index (χ3n) is 8.65. The number of aromatic amines is 1. The molecule has 2 heterocycles. The number of nitrogens with one attached hydrogen (secondary N) is 5. The number of halogens is 1. The number of imidazole rings is 1. The standard InChI is InChI=1S/C31H42BrN7O6/c1-18(41)29(37-19(2)42)30(44)35-14-28(43)38-27-5-3-4-21-15-39(31(45)20-6-8-22(32)9-7-20)25(11-26(21)27)13-34-24(16-40)10-23-12-33-17-36-23/h6-9,12,16-18,21,24-27,29,34,41H,3-5,10-11,13-15H2,1-2H3,(H,33,36)(H,35,44)(H,37,42)(H,38,43)/t18?,21-,24-,25-,26-,27?,29+/m0/s1. The lowest BCUT2D eigenvalue weighted by Gasteiger charge is -2.49.